The Labute approximate surface area is 254 Å². The number of carboxylic acid groups (broad SMARTS) is 1. The van der Waals surface area contributed by atoms with Crippen LogP contribution in [-0.4, -0.2) is 84.5 Å². The highest BCUT2D eigenvalue weighted by Gasteiger charge is 2.50. The van der Waals surface area contributed by atoms with Crippen LogP contribution < -0.4 is 4.74 Å². The molecule has 2 aliphatic rings. The molecule has 2 saturated heterocycles. The molecule has 15 nitrogen and oxygen atoms in total. The molecular weight excluding hydrogens is 586 g/mol. The Morgan fingerprint density at radius 2 is 1.87 bits per heavy atom. The molecule has 0 amide bonds. The Balaban J connectivity index is 1.25. The number of aromatic amines is 1. The molecule has 0 spiro atoms. The normalized spacial score (nSPS) is 20.7. The van der Waals surface area contributed by atoms with Crippen LogP contribution in [0.2, 0.25) is 0 Å². The van der Waals surface area contributed by atoms with Gasteiger partial charge in [0, 0.05) is 11.5 Å². The zero-order valence-electron chi connectivity index (χ0n) is 23.9. The lowest BCUT2D eigenvalue weighted by Gasteiger charge is -2.17. The second-order valence-electron chi connectivity index (χ2n) is 10.7. The highest BCUT2D eigenvalue weighted by Crippen LogP contribution is 2.42. The molecule has 230 valence electrons. The SMILES string of the molecule is CCOc1nc2c([C@H]3CO[C@H]4[C@@H]3OC[C@H]4O[N+](=O)[O-])ccc(C(=O)O)c2n1Cc1ccc(-c2ccccc2-c2nnn[nH]2)cc1. The van der Waals surface area contributed by atoms with Crippen molar-refractivity contribution in [1.82, 2.24) is 30.2 Å². The third-order valence-corrected chi connectivity index (χ3v) is 8.16. The molecule has 45 heavy (non-hydrogen) atoms. The molecular formula is C30H27N7O8. The van der Waals surface area contributed by atoms with Crippen molar-refractivity contribution >= 4 is 17.0 Å². The number of nitrogens with one attached hydrogen (secondary N) is 1. The molecule has 0 radical (unpaired) electrons. The molecule has 15 heteroatoms. The molecule has 2 fully saturated rings. The number of benzene rings is 3. The number of tetrazole rings is 1. The average molecular weight is 614 g/mol. The van der Waals surface area contributed by atoms with Crippen molar-refractivity contribution < 1.29 is 34.0 Å². The maximum absolute atomic E-state index is 12.5. The molecule has 2 aliphatic heterocycles. The molecule has 0 saturated carbocycles. The van der Waals surface area contributed by atoms with E-state index in [1.807, 2.05) is 55.5 Å². The third kappa shape index (κ3) is 5.11. The number of H-pyrrole nitrogens is 1. The van der Waals surface area contributed by atoms with E-state index in [9.17, 15) is 20.0 Å². The Kier molecular flexibility index (Phi) is 7.31. The quantitative estimate of drug-likeness (QED) is 0.173. The van der Waals surface area contributed by atoms with Crippen LogP contribution in [0.3, 0.4) is 0 Å². The number of hydrogen-bond acceptors (Lipinski definition) is 11. The number of ether oxygens (including phenoxy) is 3. The number of carbonyl (C=O) groups is 1. The lowest BCUT2D eigenvalue weighted by atomic mass is 9.91. The second kappa shape index (κ2) is 11.6. The standard InChI is InChI=1S/C30H27N7O8/c1-2-42-30-31-24-19(22-14-43-27-23(45-37(40)41)15-44-26(22)27)11-12-21(29(38)39)25(24)36(30)13-16-7-9-17(10-8-16)18-5-3-4-6-20(18)28-32-34-35-33-28/h3-12,22-23,26-27H,2,13-15H2,1H3,(H,38,39)(H,32,33,34,35)/t22-,23-,26-,27-/m1/s1. The minimum absolute atomic E-state index is 0.0115. The Bertz CT molecular complexity index is 1880. The zero-order valence-corrected chi connectivity index (χ0v) is 23.9. The molecule has 3 aromatic carbocycles. The van der Waals surface area contributed by atoms with Crippen LogP contribution in [0.15, 0.2) is 60.7 Å². The molecule has 7 rings (SSSR count). The van der Waals surface area contributed by atoms with Gasteiger partial charge in [0.05, 0.1) is 49.1 Å². The van der Waals surface area contributed by atoms with Gasteiger partial charge in [0.1, 0.15) is 6.10 Å². The average Bonchev–Trinajstić information content (AvgIpc) is 3.84. The number of hydrogen-bond donors (Lipinski definition) is 2. The molecule has 5 aromatic rings. The number of rotatable bonds is 10. The van der Waals surface area contributed by atoms with Gasteiger partial charge < -0.3 is 24.2 Å². The van der Waals surface area contributed by atoms with Gasteiger partial charge in [0.15, 0.2) is 11.9 Å². The van der Waals surface area contributed by atoms with Crippen LogP contribution in [-0.2, 0) is 20.9 Å². The maximum Gasteiger partial charge on any atom is 0.337 e. The van der Waals surface area contributed by atoms with E-state index >= 15 is 0 Å². The van der Waals surface area contributed by atoms with Crippen LogP contribution in [0.1, 0.15) is 34.3 Å². The smallest absolute Gasteiger partial charge is 0.337 e. The molecule has 4 atom stereocenters. The van der Waals surface area contributed by atoms with Gasteiger partial charge in [-0.15, -0.1) is 15.2 Å². The third-order valence-electron chi connectivity index (χ3n) is 8.16. The summed E-state index contributed by atoms with van der Waals surface area (Å²) in [5.74, 6) is -0.903. The van der Waals surface area contributed by atoms with Gasteiger partial charge in [-0.05, 0) is 45.7 Å². The zero-order chi connectivity index (χ0) is 31.1. The number of nitrogens with zero attached hydrogens (tertiary/aromatic N) is 6. The number of imidazole rings is 1. The van der Waals surface area contributed by atoms with Gasteiger partial charge in [-0.3, -0.25) is 4.57 Å². The highest BCUT2D eigenvalue weighted by atomic mass is 17.0. The van der Waals surface area contributed by atoms with Gasteiger partial charge in [-0.2, -0.15) is 4.98 Å². The Hall–Kier alpha value is -5.41. The van der Waals surface area contributed by atoms with Gasteiger partial charge >= 0.3 is 5.97 Å². The number of carboxylic acids is 1. The monoisotopic (exact) mass is 613 g/mol. The highest BCUT2D eigenvalue weighted by molar-refractivity contribution is 6.02. The lowest BCUT2D eigenvalue weighted by molar-refractivity contribution is -0.769. The first kappa shape index (κ1) is 28.4. The summed E-state index contributed by atoms with van der Waals surface area (Å²) in [5, 5.41) is 34.5. The van der Waals surface area contributed by atoms with Crippen LogP contribution in [0.4, 0.5) is 0 Å². The minimum atomic E-state index is -1.11. The summed E-state index contributed by atoms with van der Waals surface area (Å²) < 4.78 is 19.5. The van der Waals surface area contributed by atoms with Crippen molar-refractivity contribution in [2.75, 3.05) is 19.8 Å². The van der Waals surface area contributed by atoms with Crippen molar-refractivity contribution in [3.05, 3.63) is 87.5 Å². The van der Waals surface area contributed by atoms with E-state index < -0.39 is 29.4 Å². The predicted octanol–water partition coefficient (Wildman–Crippen LogP) is 3.49. The number of aromatic carboxylic acids is 1. The number of fused-ring (bicyclic) bond motifs is 2. The minimum Gasteiger partial charge on any atom is -0.478 e. The fourth-order valence-electron chi connectivity index (χ4n) is 6.21. The second-order valence-corrected chi connectivity index (χ2v) is 10.7. The number of aromatic nitrogens is 6. The largest absolute Gasteiger partial charge is 0.478 e. The van der Waals surface area contributed by atoms with Crippen molar-refractivity contribution in [1.29, 1.82) is 0 Å². The van der Waals surface area contributed by atoms with E-state index in [1.54, 1.807) is 16.7 Å². The summed E-state index contributed by atoms with van der Waals surface area (Å²) >= 11 is 0. The molecule has 0 unspecified atom stereocenters. The molecule has 0 aliphatic carbocycles. The summed E-state index contributed by atoms with van der Waals surface area (Å²) in [7, 11) is 0. The Morgan fingerprint density at radius 1 is 1.09 bits per heavy atom. The molecule has 2 aromatic heterocycles. The topological polar surface area (TPSA) is 190 Å². The van der Waals surface area contributed by atoms with Crippen molar-refractivity contribution in [2.24, 2.45) is 0 Å². The fraction of sp³-hybridized carbons (Fsp3) is 0.300. The van der Waals surface area contributed by atoms with E-state index in [0.29, 0.717) is 29.0 Å². The van der Waals surface area contributed by atoms with E-state index in [-0.39, 0.29) is 37.3 Å². The molecule has 4 heterocycles. The molecule has 2 N–H and O–H groups in total. The van der Waals surface area contributed by atoms with Gasteiger partial charge in [-0.1, -0.05) is 54.6 Å². The van der Waals surface area contributed by atoms with E-state index in [1.165, 1.54) is 0 Å². The van der Waals surface area contributed by atoms with E-state index in [0.717, 1.165) is 22.3 Å². The first-order valence-electron chi connectivity index (χ1n) is 14.3. The van der Waals surface area contributed by atoms with E-state index in [4.69, 9.17) is 24.0 Å². The van der Waals surface area contributed by atoms with Crippen LogP contribution in [0, 0.1) is 10.1 Å². The van der Waals surface area contributed by atoms with E-state index in [2.05, 4.69) is 20.6 Å². The molecule has 0 bridgehead atoms. The van der Waals surface area contributed by atoms with Gasteiger partial charge in [0.2, 0.25) is 0 Å². The van der Waals surface area contributed by atoms with Gasteiger partial charge in [0.25, 0.3) is 11.1 Å². The van der Waals surface area contributed by atoms with Gasteiger partial charge in [-0.25, -0.2) is 9.89 Å². The summed E-state index contributed by atoms with van der Waals surface area (Å²) in [6.45, 7) is 2.64. The predicted molar refractivity (Wildman–Crippen MR) is 156 cm³/mol. The Morgan fingerprint density at radius 3 is 2.58 bits per heavy atom. The van der Waals surface area contributed by atoms with Crippen molar-refractivity contribution in [2.45, 2.75) is 37.7 Å². The summed E-state index contributed by atoms with van der Waals surface area (Å²) in [6.07, 6.45) is -1.99. The lowest BCUT2D eigenvalue weighted by Crippen LogP contribution is -2.32. The maximum atomic E-state index is 12.5. The van der Waals surface area contributed by atoms with Crippen molar-refractivity contribution in [3.63, 3.8) is 0 Å². The summed E-state index contributed by atoms with van der Waals surface area (Å²) in [4.78, 5) is 33.0. The van der Waals surface area contributed by atoms with Crippen LogP contribution in [0.5, 0.6) is 6.01 Å². The summed E-state index contributed by atoms with van der Waals surface area (Å²) in [5.41, 5.74) is 5.26. The first-order valence-corrected chi connectivity index (χ1v) is 14.3. The fourth-order valence-corrected chi connectivity index (χ4v) is 6.21. The summed E-state index contributed by atoms with van der Waals surface area (Å²) in [6, 6.07) is 19.2. The van der Waals surface area contributed by atoms with Crippen molar-refractivity contribution in [3.8, 4) is 28.5 Å². The first-order chi connectivity index (χ1) is 21.9. The van der Waals surface area contributed by atoms with Crippen LogP contribution in [0.25, 0.3) is 33.5 Å². The van der Waals surface area contributed by atoms with Crippen LogP contribution >= 0.6 is 0 Å².